The lowest BCUT2D eigenvalue weighted by Gasteiger charge is -2.19. The lowest BCUT2D eigenvalue weighted by molar-refractivity contribution is -0.140. The van der Waals surface area contributed by atoms with Gasteiger partial charge in [0.25, 0.3) is 5.91 Å². The highest BCUT2D eigenvalue weighted by Gasteiger charge is 2.41. The third-order valence-corrected chi connectivity index (χ3v) is 5.40. The van der Waals surface area contributed by atoms with Crippen LogP contribution in [0.4, 0.5) is 43.9 Å². The van der Waals surface area contributed by atoms with Crippen molar-refractivity contribution >= 4 is 40.8 Å². The van der Waals surface area contributed by atoms with Crippen LogP contribution in [0.15, 0.2) is 42.5 Å². The molecule has 0 aliphatic rings. The van der Waals surface area contributed by atoms with Crippen molar-refractivity contribution < 1.29 is 53.5 Å². The number of carbonyl (C=O) groups is 2. The van der Waals surface area contributed by atoms with Gasteiger partial charge in [-0.3, -0.25) is 9.59 Å². The Morgan fingerprint density at radius 3 is 1.97 bits per heavy atom. The van der Waals surface area contributed by atoms with E-state index in [-0.39, 0.29) is 22.2 Å². The topological polar surface area (TPSA) is 58.2 Å². The van der Waals surface area contributed by atoms with Crippen LogP contribution in [0, 0.1) is 0 Å². The minimum absolute atomic E-state index is 0.00425. The average Bonchev–Trinajstić information content (AvgIpc) is 2.77. The minimum Gasteiger partial charge on any atom is -0.345 e. The standard InChI is InChI=1S/C23H16Cl2F10N2O2/c1-10(19(38)36-9-21(27,28)29)37-20(39)15-3-2-11(6-17(15)23(33,34)35)18(26)8-16(22(30,31)32)12-4-13(24)7-14(25)5-12/h2-8,10,16H,9H2,1H3,(H,36,38)(H,37,39)/b18-8-/t10-,16?/m1/s1. The second-order valence-electron chi connectivity index (χ2n) is 8.02. The predicted molar refractivity (Wildman–Crippen MR) is 122 cm³/mol. The van der Waals surface area contributed by atoms with Crippen LogP contribution in [0.1, 0.15) is 39.9 Å². The molecule has 2 amide bonds. The average molecular weight is 613 g/mol. The zero-order valence-corrected chi connectivity index (χ0v) is 20.8. The van der Waals surface area contributed by atoms with Crippen LogP contribution < -0.4 is 10.6 Å². The molecular formula is C23H16Cl2F10N2O2. The maximum atomic E-state index is 14.9. The van der Waals surface area contributed by atoms with Gasteiger partial charge in [0.05, 0.1) is 11.1 Å². The first-order chi connectivity index (χ1) is 17.7. The number of allylic oxidation sites excluding steroid dienone is 1. The Labute approximate surface area is 223 Å². The predicted octanol–water partition coefficient (Wildman–Crippen LogP) is 7.47. The van der Waals surface area contributed by atoms with Gasteiger partial charge < -0.3 is 10.6 Å². The molecule has 0 bridgehead atoms. The maximum absolute atomic E-state index is 14.9. The van der Waals surface area contributed by atoms with Gasteiger partial charge in [-0.15, -0.1) is 0 Å². The SMILES string of the molecule is C[C@@H](NC(=O)c1ccc(/C(F)=C/C(c2cc(Cl)cc(Cl)c2)C(F)(F)F)cc1C(F)(F)F)C(=O)NCC(F)(F)F. The molecule has 0 radical (unpaired) electrons. The van der Waals surface area contributed by atoms with Crippen molar-refractivity contribution in [3.05, 3.63) is 74.8 Å². The van der Waals surface area contributed by atoms with Crippen LogP contribution >= 0.6 is 23.2 Å². The Hall–Kier alpha value is -3.00. The van der Waals surface area contributed by atoms with Gasteiger partial charge in [-0.25, -0.2) is 4.39 Å². The summed E-state index contributed by atoms with van der Waals surface area (Å²) >= 11 is 11.4. The van der Waals surface area contributed by atoms with E-state index >= 15 is 0 Å². The molecule has 2 rings (SSSR count). The third-order valence-electron chi connectivity index (χ3n) is 4.96. The first-order valence-corrected chi connectivity index (χ1v) is 11.2. The van der Waals surface area contributed by atoms with Crippen molar-refractivity contribution in [2.24, 2.45) is 0 Å². The molecule has 4 nitrogen and oxygen atoms in total. The van der Waals surface area contributed by atoms with E-state index in [0.717, 1.165) is 25.1 Å². The molecule has 1 unspecified atom stereocenters. The molecule has 0 saturated carbocycles. The lowest BCUT2D eigenvalue weighted by Crippen LogP contribution is -2.47. The summed E-state index contributed by atoms with van der Waals surface area (Å²) in [6, 6.07) is 2.19. The lowest BCUT2D eigenvalue weighted by atomic mass is 9.95. The van der Waals surface area contributed by atoms with Crippen molar-refractivity contribution in [2.75, 3.05) is 6.54 Å². The molecule has 16 heteroatoms. The quantitative estimate of drug-likeness (QED) is 0.319. The Kier molecular flexibility index (Phi) is 9.93. The number of carbonyl (C=O) groups excluding carboxylic acids is 2. The highest BCUT2D eigenvalue weighted by Crippen LogP contribution is 2.41. The summed E-state index contributed by atoms with van der Waals surface area (Å²) in [7, 11) is 0. The van der Waals surface area contributed by atoms with Gasteiger partial charge >= 0.3 is 18.5 Å². The molecule has 0 aliphatic carbocycles. The van der Waals surface area contributed by atoms with Crippen LogP contribution in [0.5, 0.6) is 0 Å². The van der Waals surface area contributed by atoms with Gasteiger partial charge in [0.1, 0.15) is 24.3 Å². The van der Waals surface area contributed by atoms with E-state index in [1.165, 1.54) is 5.32 Å². The first-order valence-electron chi connectivity index (χ1n) is 10.5. The molecule has 214 valence electrons. The smallest absolute Gasteiger partial charge is 0.345 e. The van der Waals surface area contributed by atoms with E-state index < -0.39 is 76.9 Å². The van der Waals surface area contributed by atoms with Crippen LogP contribution in [0.25, 0.3) is 5.83 Å². The molecule has 2 N–H and O–H groups in total. The number of hydrogen-bond acceptors (Lipinski definition) is 2. The summed E-state index contributed by atoms with van der Waals surface area (Å²) in [6.45, 7) is -0.868. The number of amides is 2. The number of halogens is 12. The summed E-state index contributed by atoms with van der Waals surface area (Å²) in [6.07, 6.45) is -15.2. The van der Waals surface area contributed by atoms with Crippen molar-refractivity contribution in [1.29, 1.82) is 0 Å². The van der Waals surface area contributed by atoms with E-state index in [9.17, 15) is 53.5 Å². The number of nitrogens with one attached hydrogen (secondary N) is 2. The van der Waals surface area contributed by atoms with Gasteiger partial charge in [-0.05, 0) is 48.9 Å². The Bertz CT molecular complexity index is 1240. The molecule has 2 aromatic carbocycles. The molecule has 0 saturated heterocycles. The van der Waals surface area contributed by atoms with Gasteiger partial charge in [0.2, 0.25) is 5.91 Å². The van der Waals surface area contributed by atoms with E-state index in [1.807, 2.05) is 0 Å². The molecule has 0 aliphatic heterocycles. The maximum Gasteiger partial charge on any atom is 0.417 e. The van der Waals surface area contributed by atoms with E-state index in [2.05, 4.69) is 0 Å². The van der Waals surface area contributed by atoms with Gasteiger partial charge in [-0.1, -0.05) is 29.3 Å². The van der Waals surface area contributed by atoms with Crippen LogP contribution in [0.3, 0.4) is 0 Å². The minimum atomic E-state index is -5.32. The third kappa shape index (κ3) is 9.31. The van der Waals surface area contributed by atoms with Crippen LogP contribution in [-0.2, 0) is 11.0 Å². The summed E-state index contributed by atoms with van der Waals surface area (Å²) in [5.41, 5.74) is -4.51. The normalized spacial score (nSPS) is 14.5. The largest absolute Gasteiger partial charge is 0.417 e. The van der Waals surface area contributed by atoms with E-state index in [4.69, 9.17) is 23.2 Å². The number of alkyl halides is 9. The van der Waals surface area contributed by atoms with Crippen molar-refractivity contribution in [2.45, 2.75) is 37.4 Å². The Morgan fingerprint density at radius 1 is 0.923 bits per heavy atom. The fourth-order valence-electron chi connectivity index (χ4n) is 3.18. The summed E-state index contributed by atoms with van der Waals surface area (Å²) < 4.78 is 134. The summed E-state index contributed by atoms with van der Waals surface area (Å²) in [4.78, 5) is 24.1. The van der Waals surface area contributed by atoms with Crippen LogP contribution in [-0.4, -0.2) is 36.8 Å². The molecule has 2 aromatic rings. The molecule has 0 heterocycles. The zero-order chi connectivity index (χ0) is 29.9. The molecule has 2 atom stereocenters. The van der Waals surface area contributed by atoms with Gasteiger partial charge in [0, 0.05) is 15.6 Å². The second kappa shape index (κ2) is 12.0. The van der Waals surface area contributed by atoms with E-state index in [0.29, 0.717) is 12.1 Å². The number of hydrogen-bond donors (Lipinski definition) is 2. The number of benzene rings is 2. The highest BCUT2D eigenvalue weighted by molar-refractivity contribution is 6.34. The Morgan fingerprint density at radius 2 is 1.49 bits per heavy atom. The van der Waals surface area contributed by atoms with Crippen molar-refractivity contribution in [3.63, 3.8) is 0 Å². The van der Waals surface area contributed by atoms with Gasteiger partial charge in [-0.2, -0.15) is 39.5 Å². The monoisotopic (exact) mass is 612 g/mol. The zero-order valence-electron chi connectivity index (χ0n) is 19.3. The second-order valence-corrected chi connectivity index (χ2v) is 8.90. The Balaban J connectivity index is 2.43. The van der Waals surface area contributed by atoms with Crippen LogP contribution in [0.2, 0.25) is 10.0 Å². The molecule has 0 spiro atoms. The number of rotatable bonds is 7. The fraction of sp³-hybridized carbons (Fsp3) is 0.304. The van der Waals surface area contributed by atoms with Gasteiger partial charge in [0.15, 0.2) is 0 Å². The molecule has 0 fully saturated rings. The molecule has 39 heavy (non-hydrogen) atoms. The first kappa shape index (κ1) is 32.2. The molecular weight excluding hydrogens is 597 g/mol. The highest BCUT2D eigenvalue weighted by atomic mass is 35.5. The summed E-state index contributed by atoms with van der Waals surface area (Å²) in [5, 5.41) is 2.79. The van der Waals surface area contributed by atoms with E-state index in [1.54, 1.807) is 5.32 Å². The van der Waals surface area contributed by atoms with Crippen molar-refractivity contribution in [3.8, 4) is 0 Å². The fourth-order valence-corrected chi connectivity index (χ4v) is 3.73. The van der Waals surface area contributed by atoms with Crippen molar-refractivity contribution in [1.82, 2.24) is 10.6 Å². The summed E-state index contributed by atoms with van der Waals surface area (Å²) in [5.74, 6) is -7.32. The molecule has 0 aromatic heterocycles.